The first-order valence-electron chi connectivity index (χ1n) is 9.92. The Bertz CT molecular complexity index is 832. The Balaban J connectivity index is 1.23. The lowest BCUT2D eigenvalue weighted by molar-refractivity contribution is -0.131. The molecule has 2 heterocycles. The van der Waals surface area contributed by atoms with Gasteiger partial charge in [0.1, 0.15) is 13.2 Å². The molecule has 1 amide bonds. The maximum atomic E-state index is 12.5. The zero-order valence-corrected chi connectivity index (χ0v) is 16.3. The van der Waals surface area contributed by atoms with Gasteiger partial charge in [-0.2, -0.15) is 0 Å². The topological polar surface area (TPSA) is 54.0 Å². The SMILES string of the molecule is Cc1cccc(N2CCN(C(=O)CCNc3ccc4c(c3)OCCO4)CC2)c1. The standard InChI is InChI=1S/C22H27N3O3/c1-17-3-2-4-19(15-17)24-9-11-25(12-10-24)22(26)7-8-23-18-5-6-20-21(16-18)28-14-13-27-20/h2-6,15-16,23H,7-14H2,1H3. The van der Waals surface area contributed by atoms with Crippen LogP contribution in [0.25, 0.3) is 0 Å². The van der Waals surface area contributed by atoms with Gasteiger partial charge >= 0.3 is 0 Å². The van der Waals surface area contributed by atoms with Gasteiger partial charge < -0.3 is 24.6 Å². The Kier molecular flexibility index (Phi) is 5.55. The van der Waals surface area contributed by atoms with Gasteiger partial charge in [-0.1, -0.05) is 12.1 Å². The Morgan fingerprint density at radius 3 is 2.57 bits per heavy atom. The second kappa shape index (κ2) is 8.42. The van der Waals surface area contributed by atoms with Crippen LogP contribution in [0.3, 0.4) is 0 Å². The summed E-state index contributed by atoms with van der Waals surface area (Å²) in [6.07, 6.45) is 0.485. The number of fused-ring (bicyclic) bond motifs is 1. The largest absolute Gasteiger partial charge is 0.486 e. The molecule has 0 unspecified atom stereocenters. The second-order valence-corrected chi connectivity index (χ2v) is 7.24. The number of hydrogen-bond acceptors (Lipinski definition) is 5. The van der Waals surface area contributed by atoms with Crippen LogP contribution in [-0.2, 0) is 4.79 Å². The summed E-state index contributed by atoms with van der Waals surface area (Å²) in [7, 11) is 0. The van der Waals surface area contributed by atoms with E-state index in [4.69, 9.17) is 9.47 Å². The van der Waals surface area contributed by atoms with Crippen LogP contribution in [0, 0.1) is 6.92 Å². The van der Waals surface area contributed by atoms with Gasteiger partial charge in [-0.05, 0) is 36.8 Å². The number of carbonyl (C=O) groups excluding carboxylic acids is 1. The predicted octanol–water partition coefficient (Wildman–Crippen LogP) is 2.92. The second-order valence-electron chi connectivity index (χ2n) is 7.24. The molecule has 6 heteroatoms. The fourth-order valence-corrected chi connectivity index (χ4v) is 3.66. The first-order valence-corrected chi connectivity index (χ1v) is 9.92. The van der Waals surface area contributed by atoms with Crippen molar-refractivity contribution in [2.45, 2.75) is 13.3 Å². The molecule has 2 aromatic rings. The summed E-state index contributed by atoms with van der Waals surface area (Å²) in [6, 6.07) is 14.3. The molecule has 148 valence electrons. The molecule has 0 saturated carbocycles. The van der Waals surface area contributed by atoms with Crippen LogP contribution in [0.4, 0.5) is 11.4 Å². The predicted molar refractivity (Wildman–Crippen MR) is 111 cm³/mol. The summed E-state index contributed by atoms with van der Waals surface area (Å²) in [5.74, 6) is 1.74. The Morgan fingerprint density at radius 1 is 1.00 bits per heavy atom. The summed E-state index contributed by atoms with van der Waals surface area (Å²) in [5, 5.41) is 3.31. The van der Waals surface area contributed by atoms with Crippen molar-refractivity contribution < 1.29 is 14.3 Å². The van der Waals surface area contributed by atoms with Crippen molar-refractivity contribution in [3.8, 4) is 11.5 Å². The molecule has 1 N–H and O–H groups in total. The highest BCUT2D eigenvalue weighted by Crippen LogP contribution is 2.32. The smallest absolute Gasteiger partial charge is 0.224 e. The van der Waals surface area contributed by atoms with E-state index in [2.05, 4.69) is 41.4 Å². The molecule has 0 aliphatic carbocycles. The number of benzene rings is 2. The summed E-state index contributed by atoms with van der Waals surface area (Å²) in [6.45, 7) is 7.19. The van der Waals surface area contributed by atoms with Crippen molar-refractivity contribution in [3.63, 3.8) is 0 Å². The van der Waals surface area contributed by atoms with E-state index in [1.807, 2.05) is 23.1 Å². The number of anilines is 2. The summed E-state index contributed by atoms with van der Waals surface area (Å²) in [4.78, 5) is 16.9. The van der Waals surface area contributed by atoms with E-state index in [9.17, 15) is 4.79 Å². The van der Waals surface area contributed by atoms with E-state index in [0.29, 0.717) is 26.2 Å². The molecule has 28 heavy (non-hydrogen) atoms. The average molecular weight is 381 g/mol. The number of nitrogens with zero attached hydrogens (tertiary/aromatic N) is 2. The van der Waals surface area contributed by atoms with Gasteiger partial charge in [0.25, 0.3) is 0 Å². The van der Waals surface area contributed by atoms with E-state index in [0.717, 1.165) is 43.4 Å². The number of rotatable bonds is 5. The first kappa shape index (κ1) is 18.5. The van der Waals surface area contributed by atoms with Crippen LogP contribution in [0.1, 0.15) is 12.0 Å². The molecule has 4 rings (SSSR count). The molecule has 0 aromatic heterocycles. The van der Waals surface area contributed by atoms with Crippen LogP contribution in [-0.4, -0.2) is 56.7 Å². The molecule has 2 aliphatic heterocycles. The van der Waals surface area contributed by atoms with Crippen molar-refractivity contribution in [1.29, 1.82) is 0 Å². The average Bonchev–Trinajstić information content (AvgIpc) is 2.74. The number of carbonyl (C=O) groups is 1. The van der Waals surface area contributed by atoms with Gasteiger partial charge in [0.2, 0.25) is 5.91 Å². The van der Waals surface area contributed by atoms with E-state index >= 15 is 0 Å². The van der Waals surface area contributed by atoms with Crippen LogP contribution in [0.2, 0.25) is 0 Å². The minimum atomic E-state index is 0.203. The lowest BCUT2D eigenvalue weighted by atomic mass is 10.2. The van der Waals surface area contributed by atoms with Crippen LogP contribution < -0.4 is 19.7 Å². The zero-order valence-electron chi connectivity index (χ0n) is 16.3. The zero-order chi connectivity index (χ0) is 19.3. The monoisotopic (exact) mass is 381 g/mol. The van der Waals surface area contributed by atoms with E-state index in [1.165, 1.54) is 11.3 Å². The number of amides is 1. The molecule has 2 aromatic carbocycles. The summed E-state index contributed by atoms with van der Waals surface area (Å²) < 4.78 is 11.1. The number of hydrogen-bond donors (Lipinski definition) is 1. The quantitative estimate of drug-likeness (QED) is 0.863. The number of aryl methyl sites for hydroxylation is 1. The number of piperazine rings is 1. The van der Waals surface area contributed by atoms with Crippen molar-refractivity contribution >= 4 is 17.3 Å². The highest BCUT2D eigenvalue weighted by atomic mass is 16.6. The van der Waals surface area contributed by atoms with Crippen LogP contribution in [0.15, 0.2) is 42.5 Å². The number of ether oxygens (including phenoxy) is 2. The van der Waals surface area contributed by atoms with E-state index in [1.54, 1.807) is 0 Å². The third-order valence-electron chi connectivity index (χ3n) is 5.21. The van der Waals surface area contributed by atoms with Crippen molar-refractivity contribution in [3.05, 3.63) is 48.0 Å². The van der Waals surface area contributed by atoms with Gasteiger partial charge in [-0.3, -0.25) is 4.79 Å². The minimum Gasteiger partial charge on any atom is -0.486 e. The van der Waals surface area contributed by atoms with Gasteiger partial charge in [-0.15, -0.1) is 0 Å². The minimum absolute atomic E-state index is 0.203. The molecule has 0 bridgehead atoms. The van der Waals surface area contributed by atoms with Crippen molar-refractivity contribution in [2.75, 3.05) is 56.2 Å². The van der Waals surface area contributed by atoms with Gasteiger partial charge in [-0.25, -0.2) is 0 Å². The fourth-order valence-electron chi connectivity index (χ4n) is 3.66. The molecular weight excluding hydrogens is 354 g/mol. The first-order chi connectivity index (χ1) is 13.7. The highest BCUT2D eigenvalue weighted by molar-refractivity contribution is 5.77. The third kappa shape index (κ3) is 4.32. The maximum Gasteiger partial charge on any atom is 0.224 e. The molecule has 1 saturated heterocycles. The molecule has 1 fully saturated rings. The normalized spacial score (nSPS) is 16.0. The van der Waals surface area contributed by atoms with Gasteiger partial charge in [0.05, 0.1) is 0 Å². The molecule has 6 nitrogen and oxygen atoms in total. The van der Waals surface area contributed by atoms with Crippen LogP contribution >= 0.6 is 0 Å². The molecule has 2 aliphatic rings. The van der Waals surface area contributed by atoms with Crippen molar-refractivity contribution in [2.24, 2.45) is 0 Å². The van der Waals surface area contributed by atoms with Crippen LogP contribution in [0.5, 0.6) is 11.5 Å². The summed E-state index contributed by atoms with van der Waals surface area (Å²) >= 11 is 0. The summed E-state index contributed by atoms with van der Waals surface area (Å²) in [5.41, 5.74) is 3.45. The number of nitrogens with one attached hydrogen (secondary N) is 1. The molecule has 0 spiro atoms. The molecule has 0 radical (unpaired) electrons. The van der Waals surface area contributed by atoms with Crippen molar-refractivity contribution in [1.82, 2.24) is 4.90 Å². The van der Waals surface area contributed by atoms with Gasteiger partial charge in [0, 0.05) is 56.6 Å². The maximum absolute atomic E-state index is 12.5. The Labute approximate surface area is 166 Å². The fraction of sp³-hybridized carbons (Fsp3) is 0.409. The third-order valence-corrected chi connectivity index (χ3v) is 5.21. The van der Waals surface area contributed by atoms with E-state index < -0.39 is 0 Å². The Morgan fingerprint density at radius 2 is 1.79 bits per heavy atom. The van der Waals surface area contributed by atoms with Gasteiger partial charge in [0.15, 0.2) is 11.5 Å². The Hall–Kier alpha value is -2.89. The molecule has 0 atom stereocenters. The van der Waals surface area contributed by atoms with E-state index in [-0.39, 0.29) is 5.91 Å². The molecular formula is C22H27N3O3. The lowest BCUT2D eigenvalue weighted by Gasteiger charge is -2.36. The lowest BCUT2D eigenvalue weighted by Crippen LogP contribution is -2.49. The highest BCUT2D eigenvalue weighted by Gasteiger charge is 2.21.